The van der Waals surface area contributed by atoms with E-state index in [1.807, 2.05) is 59.2 Å². The van der Waals surface area contributed by atoms with Crippen molar-refractivity contribution in [1.82, 2.24) is 10.6 Å². The molecular formula is C24H26F2N2O5. The smallest absolute Gasteiger partial charge is 0.407 e. The Balaban J connectivity index is 1.56. The number of ether oxygens (including phenoxy) is 1. The summed E-state index contributed by atoms with van der Waals surface area (Å²) in [5.41, 5.74) is 4.03. The number of halogens is 2. The van der Waals surface area contributed by atoms with Gasteiger partial charge in [0.2, 0.25) is 0 Å². The molecule has 3 rings (SSSR count). The maximum atomic E-state index is 14.2. The summed E-state index contributed by atoms with van der Waals surface area (Å²) in [4.78, 5) is 34.9. The Morgan fingerprint density at radius 2 is 1.58 bits per heavy atom. The third-order valence-electron chi connectivity index (χ3n) is 5.65. The summed E-state index contributed by atoms with van der Waals surface area (Å²) >= 11 is 0. The molecular weight excluding hydrogens is 434 g/mol. The highest BCUT2D eigenvalue weighted by Gasteiger charge is 2.41. The largest absolute Gasteiger partial charge is 0.481 e. The number of aliphatic carboxylic acids is 1. The minimum atomic E-state index is -3.93. The van der Waals surface area contributed by atoms with Crippen LogP contribution < -0.4 is 10.6 Å². The number of amides is 2. The molecule has 0 unspecified atom stereocenters. The molecule has 33 heavy (non-hydrogen) atoms. The second kappa shape index (κ2) is 9.97. The SMILES string of the molecule is CC(C)[C@@H](CC(=O)O)NC(=O)C(F)(F)CNC(=O)OCC1c2ccccc2-c2ccccc21. The molecule has 1 aliphatic carbocycles. The minimum Gasteiger partial charge on any atom is -0.481 e. The number of carboxylic acid groups (broad SMARTS) is 1. The quantitative estimate of drug-likeness (QED) is 0.528. The fourth-order valence-electron chi connectivity index (χ4n) is 3.83. The molecule has 0 saturated carbocycles. The molecule has 2 aromatic rings. The first-order chi connectivity index (χ1) is 15.6. The predicted octanol–water partition coefficient (Wildman–Crippen LogP) is 3.78. The van der Waals surface area contributed by atoms with Gasteiger partial charge in [-0.1, -0.05) is 62.4 Å². The van der Waals surface area contributed by atoms with Gasteiger partial charge in [-0.05, 0) is 28.2 Å². The molecule has 7 nitrogen and oxygen atoms in total. The zero-order chi connectivity index (χ0) is 24.2. The number of alkyl halides is 2. The van der Waals surface area contributed by atoms with E-state index in [0.717, 1.165) is 22.3 Å². The fraction of sp³-hybridized carbons (Fsp3) is 0.375. The van der Waals surface area contributed by atoms with Crippen LogP contribution in [0.5, 0.6) is 0 Å². The van der Waals surface area contributed by atoms with E-state index < -0.39 is 42.9 Å². The summed E-state index contributed by atoms with van der Waals surface area (Å²) in [5.74, 6) is -7.39. The van der Waals surface area contributed by atoms with E-state index in [9.17, 15) is 23.2 Å². The van der Waals surface area contributed by atoms with Gasteiger partial charge in [0, 0.05) is 12.0 Å². The van der Waals surface area contributed by atoms with Crippen LogP contribution in [0.3, 0.4) is 0 Å². The molecule has 1 atom stereocenters. The van der Waals surface area contributed by atoms with Crippen LogP contribution in [-0.4, -0.2) is 48.2 Å². The van der Waals surface area contributed by atoms with E-state index in [1.54, 1.807) is 13.8 Å². The average molecular weight is 460 g/mol. The van der Waals surface area contributed by atoms with Crippen LogP contribution in [0.1, 0.15) is 37.3 Å². The van der Waals surface area contributed by atoms with Gasteiger partial charge in [0.15, 0.2) is 0 Å². The first-order valence-corrected chi connectivity index (χ1v) is 10.6. The van der Waals surface area contributed by atoms with Gasteiger partial charge in [0.1, 0.15) is 6.61 Å². The second-order valence-corrected chi connectivity index (χ2v) is 8.31. The lowest BCUT2D eigenvalue weighted by atomic mass is 9.98. The van der Waals surface area contributed by atoms with Crippen molar-refractivity contribution in [3.63, 3.8) is 0 Å². The Hall–Kier alpha value is -3.49. The number of fused-ring (bicyclic) bond motifs is 3. The topological polar surface area (TPSA) is 105 Å². The van der Waals surface area contributed by atoms with E-state index >= 15 is 0 Å². The van der Waals surface area contributed by atoms with Gasteiger partial charge < -0.3 is 20.5 Å². The third-order valence-corrected chi connectivity index (χ3v) is 5.65. The van der Waals surface area contributed by atoms with Gasteiger partial charge in [-0.25, -0.2) is 4.79 Å². The number of carboxylic acids is 1. The molecule has 0 bridgehead atoms. The van der Waals surface area contributed by atoms with Gasteiger partial charge in [-0.2, -0.15) is 8.78 Å². The lowest BCUT2D eigenvalue weighted by Crippen LogP contribution is -2.52. The van der Waals surface area contributed by atoms with Crippen molar-refractivity contribution < 1.29 is 33.0 Å². The van der Waals surface area contributed by atoms with Crippen molar-refractivity contribution >= 4 is 18.0 Å². The number of hydrogen-bond donors (Lipinski definition) is 3. The molecule has 3 N–H and O–H groups in total. The first kappa shape index (κ1) is 24.2. The number of carbonyl (C=O) groups excluding carboxylic acids is 2. The molecule has 2 amide bonds. The molecule has 0 saturated heterocycles. The Kier molecular flexibility index (Phi) is 7.30. The van der Waals surface area contributed by atoms with E-state index in [1.165, 1.54) is 0 Å². The van der Waals surface area contributed by atoms with E-state index in [0.29, 0.717) is 0 Å². The van der Waals surface area contributed by atoms with Crippen LogP contribution in [0.4, 0.5) is 13.6 Å². The van der Waals surface area contributed by atoms with Crippen molar-refractivity contribution in [2.24, 2.45) is 5.92 Å². The molecule has 0 aromatic heterocycles. The molecule has 0 radical (unpaired) electrons. The highest BCUT2D eigenvalue weighted by Crippen LogP contribution is 2.44. The maximum Gasteiger partial charge on any atom is 0.407 e. The summed E-state index contributed by atoms with van der Waals surface area (Å²) in [6, 6.07) is 14.4. The second-order valence-electron chi connectivity index (χ2n) is 8.31. The Bertz CT molecular complexity index is 996. The number of carbonyl (C=O) groups is 3. The van der Waals surface area contributed by atoms with E-state index in [-0.39, 0.29) is 18.4 Å². The highest BCUT2D eigenvalue weighted by molar-refractivity contribution is 5.85. The molecule has 1 aliphatic rings. The Labute approximate surface area is 190 Å². The van der Waals surface area contributed by atoms with Crippen LogP contribution in [-0.2, 0) is 14.3 Å². The molecule has 0 heterocycles. The standard InChI is InChI=1S/C24H26F2N2O5/c1-14(2)20(11-21(29)30)28-22(31)24(25,26)13-27-23(32)33-12-19-17-9-5-3-7-15(17)16-8-4-6-10-18(16)19/h3-10,14,19-20H,11-13H2,1-2H3,(H,27,32)(H,28,31)(H,29,30)/t20-/m1/s1. The van der Waals surface area contributed by atoms with Crippen LogP contribution in [0.15, 0.2) is 48.5 Å². The fourth-order valence-corrected chi connectivity index (χ4v) is 3.83. The van der Waals surface area contributed by atoms with Crippen LogP contribution in [0, 0.1) is 5.92 Å². The molecule has 2 aromatic carbocycles. The summed E-state index contributed by atoms with van der Waals surface area (Å²) in [6.07, 6.45) is -1.56. The highest BCUT2D eigenvalue weighted by atomic mass is 19.3. The number of alkyl carbamates (subject to hydrolysis) is 1. The molecule has 0 spiro atoms. The Morgan fingerprint density at radius 1 is 1.03 bits per heavy atom. The van der Waals surface area contributed by atoms with Crippen molar-refractivity contribution in [3.05, 3.63) is 59.7 Å². The number of benzene rings is 2. The van der Waals surface area contributed by atoms with Gasteiger partial charge in [0.05, 0.1) is 13.0 Å². The predicted molar refractivity (Wildman–Crippen MR) is 117 cm³/mol. The number of rotatable bonds is 9. The van der Waals surface area contributed by atoms with Gasteiger partial charge in [-0.15, -0.1) is 0 Å². The van der Waals surface area contributed by atoms with E-state index in [2.05, 4.69) is 0 Å². The van der Waals surface area contributed by atoms with Gasteiger partial charge in [-0.3, -0.25) is 9.59 Å². The van der Waals surface area contributed by atoms with Crippen LogP contribution in [0.25, 0.3) is 11.1 Å². The molecule has 9 heteroatoms. The minimum absolute atomic E-state index is 0.0499. The van der Waals surface area contributed by atoms with Crippen molar-refractivity contribution in [1.29, 1.82) is 0 Å². The molecule has 0 fully saturated rings. The first-order valence-electron chi connectivity index (χ1n) is 10.6. The normalized spacial score (nSPS) is 13.7. The summed E-state index contributed by atoms with van der Waals surface area (Å²) < 4.78 is 33.7. The van der Waals surface area contributed by atoms with Gasteiger partial charge >= 0.3 is 18.0 Å². The van der Waals surface area contributed by atoms with Crippen molar-refractivity contribution in [2.45, 2.75) is 38.2 Å². The third kappa shape index (κ3) is 5.66. The lowest BCUT2D eigenvalue weighted by Gasteiger charge is -2.24. The zero-order valence-electron chi connectivity index (χ0n) is 18.3. The monoisotopic (exact) mass is 460 g/mol. The van der Waals surface area contributed by atoms with Crippen LogP contribution >= 0.6 is 0 Å². The number of nitrogens with one attached hydrogen (secondary N) is 2. The maximum absolute atomic E-state index is 14.2. The molecule has 176 valence electrons. The summed E-state index contributed by atoms with van der Waals surface area (Å²) in [5, 5.41) is 12.9. The zero-order valence-corrected chi connectivity index (χ0v) is 18.3. The molecule has 0 aliphatic heterocycles. The summed E-state index contributed by atoms with van der Waals surface area (Å²) in [6.45, 7) is 1.90. The Morgan fingerprint density at radius 3 is 2.09 bits per heavy atom. The number of hydrogen-bond acceptors (Lipinski definition) is 4. The van der Waals surface area contributed by atoms with Crippen LogP contribution in [0.2, 0.25) is 0 Å². The van der Waals surface area contributed by atoms with Gasteiger partial charge in [0.25, 0.3) is 5.91 Å². The average Bonchev–Trinajstić information content (AvgIpc) is 3.09. The van der Waals surface area contributed by atoms with E-state index in [4.69, 9.17) is 9.84 Å². The summed E-state index contributed by atoms with van der Waals surface area (Å²) in [7, 11) is 0. The lowest BCUT2D eigenvalue weighted by molar-refractivity contribution is -0.146. The van der Waals surface area contributed by atoms with Crippen molar-refractivity contribution in [2.75, 3.05) is 13.2 Å². The van der Waals surface area contributed by atoms with Crippen molar-refractivity contribution in [3.8, 4) is 11.1 Å².